The Balaban J connectivity index is 2.62. The minimum absolute atomic E-state index is 0.185. The van der Waals surface area contributed by atoms with E-state index in [1.54, 1.807) is 27.7 Å². The molecule has 0 saturated heterocycles. The summed E-state index contributed by atoms with van der Waals surface area (Å²) in [5, 5.41) is 22.0. The highest BCUT2D eigenvalue weighted by molar-refractivity contribution is 6.02. The number of carbonyl (C=O) groups excluding carboxylic acids is 3. The Labute approximate surface area is 174 Å². The molecule has 1 N–H and O–H groups in total. The number of rotatable bonds is 6. The summed E-state index contributed by atoms with van der Waals surface area (Å²) >= 11 is 0. The zero-order valence-electron chi connectivity index (χ0n) is 17.7. The largest absolute Gasteiger partial charge is 0.463 e. The van der Waals surface area contributed by atoms with Gasteiger partial charge in [0.05, 0.1) is 28.7 Å². The molecule has 0 radical (unpaired) electrons. The predicted molar refractivity (Wildman–Crippen MR) is 106 cm³/mol. The average Bonchev–Trinajstić information content (AvgIpc) is 2.58. The molecule has 164 valence electrons. The Morgan fingerprint density at radius 3 is 2.07 bits per heavy atom. The summed E-state index contributed by atoms with van der Waals surface area (Å²) in [6, 6.07) is 5.20. The fourth-order valence-electron chi connectivity index (χ4n) is 3.85. The summed E-state index contributed by atoms with van der Waals surface area (Å²) in [6.07, 6.45) is -1.40. The number of carbonyl (C=O) groups is 3. The molecule has 1 aromatic carbocycles. The van der Waals surface area contributed by atoms with E-state index in [0.29, 0.717) is 5.56 Å². The van der Waals surface area contributed by atoms with E-state index in [1.165, 1.54) is 31.2 Å². The van der Waals surface area contributed by atoms with Crippen LogP contribution in [-0.4, -0.2) is 45.6 Å². The van der Waals surface area contributed by atoms with E-state index in [4.69, 9.17) is 9.47 Å². The number of aliphatic hydroxyl groups is 1. The van der Waals surface area contributed by atoms with E-state index in [1.807, 2.05) is 0 Å². The average molecular weight is 421 g/mol. The Bertz CT molecular complexity index is 820. The van der Waals surface area contributed by atoms with E-state index >= 15 is 0 Å². The first-order chi connectivity index (χ1) is 13.8. The first kappa shape index (κ1) is 23.5. The zero-order chi connectivity index (χ0) is 22.8. The van der Waals surface area contributed by atoms with Crippen LogP contribution in [0.2, 0.25) is 0 Å². The van der Waals surface area contributed by atoms with Gasteiger partial charge in [0, 0.05) is 24.5 Å². The number of ether oxygens (including phenoxy) is 2. The van der Waals surface area contributed by atoms with Gasteiger partial charge in [-0.1, -0.05) is 12.1 Å². The maximum Gasteiger partial charge on any atom is 0.317 e. The van der Waals surface area contributed by atoms with Crippen LogP contribution in [0.25, 0.3) is 0 Å². The highest BCUT2D eigenvalue weighted by Gasteiger charge is 2.57. The molecule has 0 bridgehead atoms. The second-order valence-electron chi connectivity index (χ2n) is 8.30. The molecular weight excluding hydrogens is 394 g/mol. The molecule has 2 rings (SSSR count). The molecule has 0 amide bonds. The number of nitro groups is 1. The summed E-state index contributed by atoms with van der Waals surface area (Å²) in [6.45, 7) is 7.90. The number of non-ortho nitro benzene ring substituents is 1. The molecule has 1 aliphatic rings. The maximum absolute atomic E-state index is 12.9. The molecule has 4 atom stereocenters. The quantitative estimate of drug-likeness (QED) is 0.321. The van der Waals surface area contributed by atoms with Crippen LogP contribution in [0.3, 0.4) is 0 Å². The van der Waals surface area contributed by atoms with Crippen molar-refractivity contribution in [1.82, 2.24) is 0 Å². The van der Waals surface area contributed by atoms with Gasteiger partial charge in [-0.2, -0.15) is 0 Å². The van der Waals surface area contributed by atoms with Crippen LogP contribution in [0.15, 0.2) is 24.3 Å². The molecule has 1 aliphatic carbocycles. The van der Waals surface area contributed by atoms with Crippen LogP contribution < -0.4 is 0 Å². The molecule has 9 nitrogen and oxygen atoms in total. The second kappa shape index (κ2) is 8.91. The molecule has 1 fully saturated rings. The van der Waals surface area contributed by atoms with Crippen molar-refractivity contribution in [2.75, 3.05) is 0 Å². The van der Waals surface area contributed by atoms with Gasteiger partial charge in [0.15, 0.2) is 5.78 Å². The molecule has 0 spiro atoms. The summed E-state index contributed by atoms with van der Waals surface area (Å²) in [7, 11) is 0. The standard InChI is InChI=1S/C21H27NO8/c1-11(2)29-19(24)17-15(23)10-21(5,26)18(20(25)30-12(3)4)16(17)13-6-8-14(9-7-13)22(27)28/h6-9,11-12,16-18,26H,10H2,1-5H3/t16-,17+,18-,21-/m1/s1. The van der Waals surface area contributed by atoms with Gasteiger partial charge in [-0.15, -0.1) is 0 Å². The zero-order valence-corrected chi connectivity index (χ0v) is 17.7. The first-order valence-corrected chi connectivity index (χ1v) is 9.75. The van der Waals surface area contributed by atoms with Crippen molar-refractivity contribution < 1.29 is 33.9 Å². The number of esters is 2. The van der Waals surface area contributed by atoms with Gasteiger partial charge in [-0.25, -0.2) is 0 Å². The van der Waals surface area contributed by atoms with Crippen LogP contribution in [0.1, 0.15) is 52.5 Å². The SMILES string of the molecule is CC(C)OC(=O)[C@H]1C(=O)C[C@@](C)(O)[C@@H](C(=O)OC(C)C)[C@@H]1c1ccc([N+](=O)[O-])cc1. The van der Waals surface area contributed by atoms with E-state index in [2.05, 4.69) is 0 Å². The van der Waals surface area contributed by atoms with Crippen molar-refractivity contribution in [3.63, 3.8) is 0 Å². The third-order valence-corrected chi connectivity index (χ3v) is 4.97. The van der Waals surface area contributed by atoms with Crippen LogP contribution in [0, 0.1) is 22.0 Å². The predicted octanol–water partition coefficient (Wildman–Crippen LogP) is 2.54. The molecule has 9 heteroatoms. The van der Waals surface area contributed by atoms with Crippen LogP contribution in [0.5, 0.6) is 0 Å². The fraction of sp³-hybridized carbons (Fsp3) is 0.571. The maximum atomic E-state index is 12.9. The number of nitro benzene ring substituents is 1. The van der Waals surface area contributed by atoms with Crippen molar-refractivity contribution >= 4 is 23.4 Å². The van der Waals surface area contributed by atoms with Gasteiger partial charge >= 0.3 is 11.9 Å². The lowest BCUT2D eigenvalue weighted by Crippen LogP contribution is -2.55. The number of benzene rings is 1. The van der Waals surface area contributed by atoms with Crippen molar-refractivity contribution in [2.24, 2.45) is 11.8 Å². The Kier molecular flexibility index (Phi) is 6.97. The van der Waals surface area contributed by atoms with Crippen LogP contribution in [0.4, 0.5) is 5.69 Å². The van der Waals surface area contributed by atoms with Gasteiger partial charge in [-0.05, 0) is 40.2 Å². The van der Waals surface area contributed by atoms with Gasteiger partial charge in [0.25, 0.3) is 5.69 Å². The normalized spacial score (nSPS) is 26.5. The van der Waals surface area contributed by atoms with Crippen molar-refractivity contribution in [1.29, 1.82) is 0 Å². The van der Waals surface area contributed by atoms with Crippen molar-refractivity contribution in [2.45, 2.75) is 64.8 Å². The van der Waals surface area contributed by atoms with Crippen LogP contribution >= 0.6 is 0 Å². The molecule has 0 aliphatic heterocycles. The molecular formula is C21H27NO8. The van der Waals surface area contributed by atoms with E-state index < -0.39 is 64.6 Å². The third-order valence-electron chi connectivity index (χ3n) is 4.97. The van der Waals surface area contributed by atoms with Crippen molar-refractivity contribution in [3.05, 3.63) is 39.9 Å². The van der Waals surface area contributed by atoms with Crippen LogP contribution in [-0.2, 0) is 23.9 Å². The Morgan fingerprint density at radius 1 is 1.10 bits per heavy atom. The fourth-order valence-corrected chi connectivity index (χ4v) is 3.85. The number of ketones is 1. The topological polar surface area (TPSA) is 133 Å². The lowest BCUT2D eigenvalue weighted by Gasteiger charge is -2.44. The lowest BCUT2D eigenvalue weighted by molar-refractivity contribution is -0.384. The molecule has 0 aromatic heterocycles. The summed E-state index contributed by atoms with van der Waals surface area (Å²) < 4.78 is 10.6. The minimum atomic E-state index is -1.77. The minimum Gasteiger partial charge on any atom is -0.463 e. The van der Waals surface area contributed by atoms with E-state index in [-0.39, 0.29) is 5.69 Å². The monoisotopic (exact) mass is 421 g/mol. The molecule has 1 saturated carbocycles. The molecule has 30 heavy (non-hydrogen) atoms. The summed E-state index contributed by atoms with van der Waals surface area (Å²) in [5.41, 5.74) is -1.63. The molecule has 0 unspecified atom stereocenters. The Hall–Kier alpha value is -2.81. The van der Waals surface area contributed by atoms with Gasteiger partial charge < -0.3 is 14.6 Å². The van der Waals surface area contributed by atoms with Gasteiger partial charge in [0.2, 0.25) is 0 Å². The number of nitrogens with zero attached hydrogens (tertiary/aromatic N) is 1. The highest BCUT2D eigenvalue weighted by atomic mass is 16.6. The van der Waals surface area contributed by atoms with E-state index in [9.17, 15) is 29.6 Å². The lowest BCUT2D eigenvalue weighted by atomic mass is 9.61. The Morgan fingerprint density at radius 2 is 1.60 bits per heavy atom. The van der Waals surface area contributed by atoms with Gasteiger partial charge in [0.1, 0.15) is 5.92 Å². The van der Waals surface area contributed by atoms with Gasteiger partial charge in [-0.3, -0.25) is 24.5 Å². The third kappa shape index (κ3) is 5.02. The second-order valence-corrected chi connectivity index (χ2v) is 8.30. The summed E-state index contributed by atoms with van der Waals surface area (Å²) in [5.74, 6) is -5.82. The molecule has 0 heterocycles. The number of Topliss-reactive ketones (excluding diaryl/α,β-unsaturated/α-hetero) is 1. The first-order valence-electron chi connectivity index (χ1n) is 9.75. The number of hydrogen-bond donors (Lipinski definition) is 1. The van der Waals surface area contributed by atoms with E-state index in [0.717, 1.165) is 0 Å². The number of hydrogen-bond acceptors (Lipinski definition) is 8. The highest BCUT2D eigenvalue weighted by Crippen LogP contribution is 2.47. The summed E-state index contributed by atoms with van der Waals surface area (Å²) in [4.78, 5) is 49.0. The van der Waals surface area contributed by atoms with Crippen molar-refractivity contribution in [3.8, 4) is 0 Å². The smallest absolute Gasteiger partial charge is 0.317 e. The molecule has 1 aromatic rings.